The van der Waals surface area contributed by atoms with E-state index in [9.17, 15) is 0 Å². The maximum absolute atomic E-state index is 3.86. The Kier molecular flexibility index (Phi) is 2.60. The molecule has 14 heavy (non-hydrogen) atoms. The molecule has 0 radical (unpaired) electrons. The van der Waals surface area contributed by atoms with E-state index in [0.29, 0.717) is 5.95 Å². The van der Waals surface area contributed by atoms with E-state index < -0.39 is 0 Å². The van der Waals surface area contributed by atoms with Crippen LogP contribution in [-0.4, -0.2) is 63.3 Å². The van der Waals surface area contributed by atoms with Crippen molar-refractivity contribution in [3.8, 4) is 0 Å². The number of piperazine rings is 1. The monoisotopic (exact) mass is 197 g/mol. The number of aryl methyl sites for hydroxylation is 1. The molecule has 0 saturated carbocycles. The second kappa shape index (κ2) is 3.89. The van der Waals surface area contributed by atoms with Gasteiger partial charge >= 0.3 is 0 Å². The minimum absolute atomic E-state index is 0.689. The molecule has 2 rings (SSSR count). The molecule has 0 spiro atoms. The lowest BCUT2D eigenvalue weighted by molar-refractivity contribution is 0.177. The van der Waals surface area contributed by atoms with Crippen LogP contribution in [0.25, 0.3) is 0 Å². The molecule has 1 N–H and O–H groups in total. The third-order valence-corrected chi connectivity index (χ3v) is 2.38. The zero-order chi connectivity index (χ0) is 9.97. The summed E-state index contributed by atoms with van der Waals surface area (Å²) in [4.78, 5) is 2.30. The lowest BCUT2D eigenvalue weighted by atomic mass is 10.4. The number of likely N-dealkylation sites (N-methyl/N-ethyl adjacent to an activating group) is 1. The molecule has 78 valence electrons. The number of tetrazole rings is 1. The van der Waals surface area contributed by atoms with Gasteiger partial charge in [0.15, 0.2) is 0 Å². The standard InChI is InChI=1S/C7H15N7/c1-12-3-5-14(6-4-12)9-7-8-10-11-13(7)2/h3-6H2,1-2H3,(H,8,9,11). The molecule has 1 aromatic rings. The maximum Gasteiger partial charge on any atom is 0.257 e. The van der Waals surface area contributed by atoms with Gasteiger partial charge < -0.3 is 4.90 Å². The van der Waals surface area contributed by atoms with Crippen LogP contribution in [0.15, 0.2) is 0 Å². The summed E-state index contributed by atoms with van der Waals surface area (Å²) in [5, 5.41) is 13.3. The first kappa shape index (κ1) is 9.35. The predicted octanol–water partition coefficient (Wildman–Crippen LogP) is -1.22. The Hall–Kier alpha value is -1.21. The number of rotatable bonds is 2. The molecular formula is C7H15N7. The van der Waals surface area contributed by atoms with Crippen LogP contribution < -0.4 is 5.43 Å². The Balaban J connectivity index is 1.89. The van der Waals surface area contributed by atoms with Gasteiger partial charge in [0.05, 0.1) is 0 Å². The molecule has 1 fully saturated rings. The highest BCUT2D eigenvalue weighted by molar-refractivity contribution is 5.18. The first-order valence-corrected chi connectivity index (χ1v) is 4.68. The average Bonchev–Trinajstić information content (AvgIpc) is 2.56. The number of aromatic nitrogens is 4. The third-order valence-electron chi connectivity index (χ3n) is 2.38. The maximum atomic E-state index is 3.86. The first-order valence-electron chi connectivity index (χ1n) is 4.68. The number of hydrogen-bond acceptors (Lipinski definition) is 6. The van der Waals surface area contributed by atoms with Gasteiger partial charge in [-0.05, 0) is 17.5 Å². The second-order valence-corrected chi connectivity index (χ2v) is 3.53. The smallest absolute Gasteiger partial charge is 0.257 e. The van der Waals surface area contributed by atoms with Gasteiger partial charge in [-0.3, -0.25) is 5.43 Å². The number of nitrogens with zero attached hydrogens (tertiary/aromatic N) is 6. The number of hydrogen-bond donors (Lipinski definition) is 1. The summed E-state index contributed by atoms with van der Waals surface area (Å²) in [6, 6.07) is 0. The summed E-state index contributed by atoms with van der Waals surface area (Å²) in [5.74, 6) is 0.689. The van der Waals surface area contributed by atoms with Crippen molar-refractivity contribution in [3.05, 3.63) is 0 Å². The average molecular weight is 197 g/mol. The van der Waals surface area contributed by atoms with E-state index in [4.69, 9.17) is 0 Å². The van der Waals surface area contributed by atoms with Crippen molar-refractivity contribution in [1.29, 1.82) is 0 Å². The van der Waals surface area contributed by atoms with Gasteiger partial charge in [0.25, 0.3) is 5.95 Å². The minimum atomic E-state index is 0.689. The Morgan fingerprint density at radius 3 is 2.43 bits per heavy atom. The molecular weight excluding hydrogens is 182 g/mol. The van der Waals surface area contributed by atoms with Crippen molar-refractivity contribution in [2.75, 3.05) is 38.7 Å². The molecule has 7 nitrogen and oxygen atoms in total. The van der Waals surface area contributed by atoms with Gasteiger partial charge in [0.1, 0.15) is 0 Å². The highest BCUT2D eigenvalue weighted by Crippen LogP contribution is 2.02. The summed E-state index contributed by atoms with van der Waals surface area (Å²) in [7, 11) is 3.94. The van der Waals surface area contributed by atoms with E-state index in [2.05, 4.69) is 37.9 Å². The van der Waals surface area contributed by atoms with Crippen molar-refractivity contribution in [1.82, 2.24) is 30.1 Å². The SMILES string of the molecule is CN1CCN(Nc2nnnn2C)CC1. The largest absolute Gasteiger partial charge is 0.304 e. The Labute approximate surface area is 82.6 Å². The van der Waals surface area contributed by atoms with Crippen LogP contribution in [0.4, 0.5) is 5.95 Å². The van der Waals surface area contributed by atoms with Crippen molar-refractivity contribution >= 4 is 5.95 Å². The van der Waals surface area contributed by atoms with Crippen LogP contribution in [0, 0.1) is 0 Å². The summed E-state index contributed by atoms with van der Waals surface area (Å²) < 4.78 is 1.62. The molecule has 0 aromatic carbocycles. The van der Waals surface area contributed by atoms with Gasteiger partial charge in [0.2, 0.25) is 0 Å². The van der Waals surface area contributed by atoms with Crippen LogP contribution >= 0.6 is 0 Å². The Morgan fingerprint density at radius 2 is 1.86 bits per heavy atom. The zero-order valence-electron chi connectivity index (χ0n) is 8.51. The lowest BCUT2D eigenvalue weighted by Gasteiger charge is -2.32. The predicted molar refractivity (Wildman–Crippen MR) is 51.5 cm³/mol. The molecule has 0 aliphatic carbocycles. The Morgan fingerprint density at radius 1 is 1.14 bits per heavy atom. The number of anilines is 1. The van der Waals surface area contributed by atoms with E-state index in [1.54, 1.807) is 4.68 Å². The van der Waals surface area contributed by atoms with Crippen molar-refractivity contribution in [2.24, 2.45) is 7.05 Å². The van der Waals surface area contributed by atoms with E-state index in [1.165, 1.54) is 0 Å². The highest BCUT2D eigenvalue weighted by atomic mass is 15.6. The van der Waals surface area contributed by atoms with E-state index in [-0.39, 0.29) is 0 Å². The van der Waals surface area contributed by atoms with Crippen LogP contribution in [0.2, 0.25) is 0 Å². The van der Waals surface area contributed by atoms with Crippen LogP contribution in [0.1, 0.15) is 0 Å². The fourth-order valence-corrected chi connectivity index (χ4v) is 1.38. The van der Waals surface area contributed by atoms with E-state index >= 15 is 0 Å². The normalized spacial score (nSPS) is 19.9. The molecule has 2 heterocycles. The zero-order valence-corrected chi connectivity index (χ0v) is 8.51. The molecule has 1 aliphatic rings. The molecule has 1 saturated heterocycles. The molecule has 1 aliphatic heterocycles. The molecule has 0 atom stereocenters. The summed E-state index contributed by atoms with van der Waals surface area (Å²) in [5.41, 5.74) is 3.18. The molecule has 1 aromatic heterocycles. The van der Waals surface area contributed by atoms with Crippen LogP contribution in [-0.2, 0) is 7.05 Å². The van der Waals surface area contributed by atoms with Crippen molar-refractivity contribution in [2.45, 2.75) is 0 Å². The topological polar surface area (TPSA) is 62.1 Å². The summed E-state index contributed by atoms with van der Waals surface area (Å²) >= 11 is 0. The molecule has 0 amide bonds. The van der Waals surface area contributed by atoms with Crippen molar-refractivity contribution in [3.63, 3.8) is 0 Å². The van der Waals surface area contributed by atoms with E-state index in [1.807, 2.05) is 7.05 Å². The van der Waals surface area contributed by atoms with E-state index in [0.717, 1.165) is 26.2 Å². The molecule has 0 unspecified atom stereocenters. The quantitative estimate of drug-likeness (QED) is 0.641. The van der Waals surface area contributed by atoms with Gasteiger partial charge in [-0.2, -0.15) is 0 Å². The fraction of sp³-hybridized carbons (Fsp3) is 0.857. The van der Waals surface area contributed by atoms with Gasteiger partial charge in [-0.15, -0.1) is 0 Å². The summed E-state index contributed by atoms with van der Waals surface area (Å²) in [6.45, 7) is 4.11. The highest BCUT2D eigenvalue weighted by Gasteiger charge is 2.14. The number of nitrogens with one attached hydrogen (secondary N) is 1. The molecule has 0 bridgehead atoms. The fourth-order valence-electron chi connectivity index (χ4n) is 1.38. The third kappa shape index (κ3) is 1.99. The Bertz CT molecular complexity index is 288. The van der Waals surface area contributed by atoms with Gasteiger partial charge in [0, 0.05) is 33.2 Å². The van der Waals surface area contributed by atoms with Gasteiger partial charge in [-0.25, -0.2) is 9.69 Å². The molecule has 7 heteroatoms. The second-order valence-electron chi connectivity index (χ2n) is 3.53. The van der Waals surface area contributed by atoms with Gasteiger partial charge in [-0.1, -0.05) is 5.10 Å². The van der Waals surface area contributed by atoms with Crippen LogP contribution in [0.3, 0.4) is 0 Å². The number of hydrazine groups is 1. The van der Waals surface area contributed by atoms with Crippen LogP contribution in [0.5, 0.6) is 0 Å². The van der Waals surface area contributed by atoms with Crippen molar-refractivity contribution < 1.29 is 0 Å². The lowest BCUT2D eigenvalue weighted by Crippen LogP contribution is -2.47. The first-order chi connectivity index (χ1) is 6.75. The minimum Gasteiger partial charge on any atom is -0.304 e. The summed E-state index contributed by atoms with van der Waals surface area (Å²) in [6.07, 6.45) is 0.